The van der Waals surface area contributed by atoms with E-state index in [4.69, 9.17) is 4.74 Å². The monoisotopic (exact) mass is 326 g/mol. The lowest BCUT2D eigenvalue weighted by Gasteiger charge is -2.33. The molecule has 0 spiro atoms. The fourth-order valence-electron chi connectivity index (χ4n) is 2.93. The Kier molecular flexibility index (Phi) is 5.25. The van der Waals surface area contributed by atoms with Gasteiger partial charge in [-0.1, -0.05) is 12.1 Å². The van der Waals surface area contributed by atoms with Gasteiger partial charge in [-0.3, -0.25) is 4.79 Å². The fraction of sp³-hybridized carbons (Fsp3) is 0.389. The van der Waals surface area contributed by atoms with Gasteiger partial charge in [0.15, 0.2) is 0 Å². The summed E-state index contributed by atoms with van der Waals surface area (Å²) >= 11 is 0. The normalized spacial score (nSPS) is 17.4. The average molecular weight is 326 g/mol. The predicted molar refractivity (Wildman–Crippen MR) is 92.3 cm³/mol. The van der Waals surface area contributed by atoms with Gasteiger partial charge in [0.1, 0.15) is 5.75 Å². The molecule has 0 unspecified atom stereocenters. The molecule has 1 fully saturated rings. The number of carbonyl (C=O) groups is 1. The van der Waals surface area contributed by atoms with Gasteiger partial charge in [-0.2, -0.15) is 0 Å². The quantitative estimate of drug-likeness (QED) is 0.913. The third kappa shape index (κ3) is 3.82. The van der Waals surface area contributed by atoms with Crippen molar-refractivity contribution < 1.29 is 9.53 Å². The maximum atomic E-state index is 12.6. The van der Waals surface area contributed by atoms with Crippen LogP contribution in [-0.4, -0.2) is 41.6 Å². The van der Waals surface area contributed by atoms with E-state index >= 15 is 0 Å². The highest BCUT2D eigenvalue weighted by Crippen LogP contribution is 2.20. The van der Waals surface area contributed by atoms with E-state index in [0.29, 0.717) is 30.4 Å². The fourth-order valence-corrected chi connectivity index (χ4v) is 2.93. The summed E-state index contributed by atoms with van der Waals surface area (Å²) in [5.74, 6) is 1.24. The molecule has 126 valence electrons. The van der Waals surface area contributed by atoms with Crippen LogP contribution in [0.25, 0.3) is 0 Å². The predicted octanol–water partition coefficient (Wildman–Crippen LogP) is 2.27. The van der Waals surface area contributed by atoms with E-state index in [1.54, 1.807) is 24.5 Å². The molecule has 2 heterocycles. The molecule has 1 aromatic heterocycles. The van der Waals surface area contributed by atoms with Crippen molar-refractivity contribution in [2.24, 2.45) is 0 Å². The molecule has 0 radical (unpaired) electrons. The maximum Gasteiger partial charge on any atom is 0.255 e. The van der Waals surface area contributed by atoms with E-state index < -0.39 is 0 Å². The molecule has 3 rings (SSSR count). The Balaban J connectivity index is 1.66. The van der Waals surface area contributed by atoms with Gasteiger partial charge in [0, 0.05) is 31.5 Å². The number of rotatable bonds is 5. The minimum Gasteiger partial charge on any atom is -0.493 e. The molecule has 1 N–H and O–H groups in total. The molecular formula is C18H22N4O2. The summed E-state index contributed by atoms with van der Waals surface area (Å²) in [7, 11) is 0. The first-order valence-corrected chi connectivity index (χ1v) is 8.32. The van der Waals surface area contributed by atoms with Crippen LogP contribution < -0.4 is 15.0 Å². The van der Waals surface area contributed by atoms with Crippen LogP contribution in [0.1, 0.15) is 30.1 Å². The van der Waals surface area contributed by atoms with Gasteiger partial charge in [0.25, 0.3) is 5.91 Å². The van der Waals surface area contributed by atoms with Gasteiger partial charge in [0.2, 0.25) is 5.95 Å². The Morgan fingerprint density at radius 2 is 2.08 bits per heavy atom. The number of nitrogens with one attached hydrogen (secondary N) is 1. The first-order valence-electron chi connectivity index (χ1n) is 8.32. The minimum absolute atomic E-state index is 0.0738. The van der Waals surface area contributed by atoms with Gasteiger partial charge < -0.3 is 15.0 Å². The molecule has 1 aromatic carbocycles. The summed E-state index contributed by atoms with van der Waals surface area (Å²) in [6.45, 7) is 4.07. The van der Waals surface area contributed by atoms with Gasteiger partial charge in [-0.25, -0.2) is 9.97 Å². The van der Waals surface area contributed by atoms with Gasteiger partial charge in [-0.15, -0.1) is 0 Å². The Hall–Kier alpha value is -2.63. The lowest BCUT2D eigenvalue weighted by Crippen LogP contribution is -2.48. The molecule has 1 saturated heterocycles. The van der Waals surface area contributed by atoms with Crippen molar-refractivity contribution in [1.29, 1.82) is 0 Å². The summed E-state index contributed by atoms with van der Waals surface area (Å²) < 4.78 is 5.55. The van der Waals surface area contributed by atoms with Crippen LogP contribution in [0.15, 0.2) is 42.7 Å². The van der Waals surface area contributed by atoms with E-state index in [1.807, 2.05) is 25.1 Å². The summed E-state index contributed by atoms with van der Waals surface area (Å²) in [6, 6.07) is 9.21. The molecule has 0 saturated carbocycles. The molecule has 1 aliphatic rings. The summed E-state index contributed by atoms with van der Waals surface area (Å²) in [5.41, 5.74) is 0.576. The maximum absolute atomic E-state index is 12.6. The van der Waals surface area contributed by atoms with E-state index in [2.05, 4.69) is 20.2 Å². The lowest BCUT2D eigenvalue weighted by molar-refractivity contribution is 0.0929. The number of carbonyl (C=O) groups excluding carboxylic acids is 1. The number of para-hydroxylation sites is 1. The van der Waals surface area contributed by atoms with Crippen LogP contribution in [0.5, 0.6) is 5.75 Å². The van der Waals surface area contributed by atoms with Crippen molar-refractivity contribution in [3.8, 4) is 5.75 Å². The number of aromatic nitrogens is 2. The molecule has 1 atom stereocenters. The second-order valence-electron chi connectivity index (χ2n) is 5.74. The Morgan fingerprint density at radius 1 is 1.29 bits per heavy atom. The number of anilines is 1. The van der Waals surface area contributed by atoms with Crippen molar-refractivity contribution in [2.75, 3.05) is 24.6 Å². The first-order chi connectivity index (χ1) is 11.8. The second kappa shape index (κ2) is 7.77. The van der Waals surface area contributed by atoms with Crippen molar-refractivity contribution >= 4 is 11.9 Å². The topological polar surface area (TPSA) is 67.3 Å². The number of hydrogen-bond acceptors (Lipinski definition) is 5. The molecule has 24 heavy (non-hydrogen) atoms. The number of amides is 1. The number of benzene rings is 1. The summed E-state index contributed by atoms with van der Waals surface area (Å²) in [6.07, 6.45) is 5.42. The van der Waals surface area contributed by atoms with Crippen LogP contribution in [0, 0.1) is 0 Å². The SMILES string of the molecule is CCOc1ccccc1C(=O)N[C@H]1CCCN(c2ncccn2)C1. The van der Waals surface area contributed by atoms with Crippen molar-refractivity contribution in [3.63, 3.8) is 0 Å². The Labute approximate surface area is 141 Å². The van der Waals surface area contributed by atoms with Crippen LogP contribution in [0.3, 0.4) is 0 Å². The largest absolute Gasteiger partial charge is 0.493 e. The zero-order valence-electron chi connectivity index (χ0n) is 13.8. The molecule has 6 nitrogen and oxygen atoms in total. The van der Waals surface area contributed by atoms with E-state index in [0.717, 1.165) is 19.4 Å². The number of ether oxygens (including phenoxy) is 1. The average Bonchev–Trinajstić information content (AvgIpc) is 2.63. The Bertz CT molecular complexity index is 678. The van der Waals surface area contributed by atoms with Crippen LogP contribution >= 0.6 is 0 Å². The van der Waals surface area contributed by atoms with Crippen molar-refractivity contribution in [3.05, 3.63) is 48.3 Å². The van der Waals surface area contributed by atoms with Crippen molar-refractivity contribution in [2.45, 2.75) is 25.8 Å². The molecule has 1 aliphatic heterocycles. The van der Waals surface area contributed by atoms with Crippen LogP contribution in [0.4, 0.5) is 5.95 Å². The smallest absolute Gasteiger partial charge is 0.255 e. The molecular weight excluding hydrogens is 304 g/mol. The summed E-state index contributed by atoms with van der Waals surface area (Å²) in [5, 5.41) is 3.12. The van der Waals surface area contributed by atoms with Crippen LogP contribution in [0.2, 0.25) is 0 Å². The van der Waals surface area contributed by atoms with E-state index in [-0.39, 0.29) is 11.9 Å². The molecule has 0 aliphatic carbocycles. The second-order valence-corrected chi connectivity index (χ2v) is 5.74. The highest BCUT2D eigenvalue weighted by molar-refractivity contribution is 5.97. The highest BCUT2D eigenvalue weighted by Gasteiger charge is 2.24. The van der Waals surface area contributed by atoms with Gasteiger partial charge >= 0.3 is 0 Å². The molecule has 1 amide bonds. The zero-order valence-corrected chi connectivity index (χ0v) is 13.8. The lowest BCUT2D eigenvalue weighted by atomic mass is 10.1. The van der Waals surface area contributed by atoms with Crippen LogP contribution in [-0.2, 0) is 0 Å². The molecule has 6 heteroatoms. The molecule has 2 aromatic rings. The van der Waals surface area contributed by atoms with E-state index in [1.165, 1.54) is 0 Å². The number of piperidine rings is 1. The first kappa shape index (κ1) is 16.2. The zero-order chi connectivity index (χ0) is 16.8. The van der Waals surface area contributed by atoms with E-state index in [9.17, 15) is 4.79 Å². The Morgan fingerprint density at radius 3 is 2.88 bits per heavy atom. The molecule has 0 bridgehead atoms. The van der Waals surface area contributed by atoms with Gasteiger partial charge in [0.05, 0.1) is 12.2 Å². The third-order valence-electron chi connectivity index (χ3n) is 4.02. The highest BCUT2D eigenvalue weighted by atomic mass is 16.5. The standard InChI is InChI=1S/C18H22N4O2/c1-2-24-16-9-4-3-8-15(16)17(23)21-14-7-5-12-22(13-14)18-19-10-6-11-20-18/h3-4,6,8-11,14H,2,5,7,12-13H2,1H3,(H,21,23)/t14-/m0/s1. The minimum atomic E-state index is -0.0973. The van der Waals surface area contributed by atoms with Crippen molar-refractivity contribution in [1.82, 2.24) is 15.3 Å². The van der Waals surface area contributed by atoms with Gasteiger partial charge in [-0.05, 0) is 38.0 Å². The summed E-state index contributed by atoms with van der Waals surface area (Å²) in [4.78, 5) is 23.3. The number of nitrogens with zero attached hydrogens (tertiary/aromatic N) is 3. The third-order valence-corrected chi connectivity index (χ3v) is 4.02. The number of hydrogen-bond donors (Lipinski definition) is 1.